The Balaban J connectivity index is 1.57. The Hall–Kier alpha value is -3.07. The number of rotatable bonds is 8. The van der Waals surface area contributed by atoms with Crippen molar-refractivity contribution in [3.8, 4) is 17.2 Å². The number of carbonyl (C=O) groups excluding carboxylic acids is 1. The van der Waals surface area contributed by atoms with Crippen molar-refractivity contribution in [3.05, 3.63) is 60.9 Å². The lowest BCUT2D eigenvalue weighted by atomic mass is 10.3. The van der Waals surface area contributed by atoms with Crippen LogP contribution in [-0.2, 0) is 4.79 Å². The van der Waals surface area contributed by atoms with Crippen LogP contribution in [-0.4, -0.2) is 34.9 Å². The zero-order valence-electron chi connectivity index (χ0n) is 14.8. The number of amides is 1. The van der Waals surface area contributed by atoms with Gasteiger partial charge in [0.2, 0.25) is 5.91 Å². The molecule has 0 radical (unpaired) electrons. The number of imidazole rings is 1. The van der Waals surface area contributed by atoms with E-state index in [2.05, 4.69) is 15.0 Å². The SMILES string of the molecule is COc1ccc(-n2ccnc2SCC(=O)Nc2ccc(OC(F)F)cc2)cc1. The first-order valence-corrected chi connectivity index (χ1v) is 9.19. The van der Waals surface area contributed by atoms with Crippen LogP contribution >= 0.6 is 11.8 Å². The molecule has 3 rings (SSSR count). The van der Waals surface area contributed by atoms with Gasteiger partial charge in [0, 0.05) is 23.8 Å². The number of methoxy groups -OCH3 is 1. The van der Waals surface area contributed by atoms with E-state index in [-0.39, 0.29) is 17.4 Å². The number of aromatic nitrogens is 2. The third-order valence-corrected chi connectivity index (χ3v) is 4.62. The molecule has 0 atom stereocenters. The molecule has 0 aliphatic rings. The van der Waals surface area contributed by atoms with E-state index >= 15 is 0 Å². The number of hydrogen-bond acceptors (Lipinski definition) is 5. The highest BCUT2D eigenvalue weighted by Gasteiger charge is 2.10. The summed E-state index contributed by atoms with van der Waals surface area (Å²) in [7, 11) is 1.60. The molecule has 0 fully saturated rings. The van der Waals surface area contributed by atoms with Gasteiger partial charge in [0.05, 0.1) is 12.9 Å². The van der Waals surface area contributed by atoms with E-state index in [1.165, 1.54) is 36.0 Å². The number of nitrogens with zero attached hydrogens (tertiary/aromatic N) is 2. The molecule has 1 amide bonds. The third kappa shape index (κ3) is 5.23. The number of nitrogens with one attached hydrogen (secondary N) is 1. The Morgan fingerprint density at radius 3 is 2.46 bits per heavy atom. The van der Waals surface area contributed by atoms with E-state index in [1.54, 1.807) is 13.3 Å². The molecule has 3 aromatic rings. The molecule has 2 aromatic carbocycles. The quantitative estimate of drug-likeness (QED) is 0.569. The number of benzene rings is 2. The van der Waals surface area contributed by atoms with Crippen LogP contribution in [0.5, 0.6) is 11.5 Å². The highest BCUT2D eigenvalue weighted by Crippen LogP contribution is 2.23. The van der Waals surface area contributed by atoms with Gasteiger partial charge in [-0.1, -0.05) is 11.8 Å². The van der Waals surface area contributed by atoms with Crippen LogP contribution in [0.2, 0.25) is 0 Å². The molecular formula is C19H17F2N3O3S. The second kappa shape index (κ2) is 9.23. The molecule has 0 bridgehead atoms. The monoisotopic (exact) mass is 405 g/mol. The van der Waals surface area contributed by atoms with Gasteiger partial charge in [-0.05, 0) is 48.5 Å². The Morgan fingerprint density at radius 2 is 1.82 bits per heavy atom. The largest absolute Gasteiger partial charge is 0.497 e. The Morgan fingerprint density at radius 1 is 1.14 bits per heavy atom. The second-order valence-corrected chi connectivity index (χ2v) is 6.46. The molecule has 0 aliphatic carbocycles. The molecular weight excluding hydrogens is 388 g/mol. The van der Waals surface area contributed by atoms with Gasteiger partial charge in [0.15, 0.2) is 5.16 Å². The van der Waals surface area contributed by atoms with Gasteiger partial charge in [-0.3, -0.25) is 9.36 Å². The van der Waals surface area contributed by atoms with E-state index in [4.69, 9.17) is 4.74 Å². The summed E-state index contributed by atoms with van der Waals surface area (Å²) >= 11 is 1.28. The van der Waals surface area contributed by atoms with E-state index in [0.717, 1.165) is 11.4 Å². The van der Waals surface area contributed by atoms with Crippen molar-refractivity contribution in [3.63, 3.8) is 0 Å². The van der Waals surface area contributed by atoms with Crippen LogP contribution < -0.4 is 14.8 Å². The smallest absolute Gasteiger partial charge is 0.387 e. The third-order valence-electron chi connectivity index (χ3n) is 3.65. The molecule has 0 aliphatic heterocycles. The van der Waals surface area contributed by atoms with Crippen molar-refractivity contribution in [2.24, 2.45) is 0 Å². The number of anilines is 1. The number of hydrogen-bond donors (Lipinski definition) is 1. The fourth-order valence-corrected chi connectivity index (χ4v) is 3.16. The number of carbonyl (C=O) groups is 1. The normalized spacial score (nSPS) is 10.7. The zero-order chi connectivity index (χ0) is 19.9. The van der Waals surface area contributed by atoms with Gasteiger partial charge in [0.1, 0.15) is 11.5 Å². The number of alkyl halides is 2. The number of ether oxygens (including phenoxy) is 2. The topological polar surface area (TPSA) is 65.4 Å². The predicted octanol–water partition coefficient (Wildman–Crippen LogP) is 4.21. The number of thioether (sulfide) groups is 1. The van der Waals surface area contributed by atoms with Crippen molar-refractivity contribution in [1.29, 1.82) is 0 Å². The molecule has 6 nitrogen and oxygen atoms in total. The van der Waals surface area contributed by atoms with Crippen molar-refractivity contribution in [1.82, 2.24) is 9.55 Å². The van der Waals surface area contributed by atoms with E-state index in [9.17, 15) is 13.6 Å². The summed E-state index contributed by atoms with van der Waals surface area (Å²) in [6, 6.07) is 13.2. The molecule has 0 spiro atoms. The summed E-state index contributed by atoms with van der Waals surface area (Å²) in [6.07, 6.45) is 3.47. The fourth-order valence-electron chi connectivity index (χ4n) is 2.38. The molecule has 146 valence electrons. The van der Waals surface area contributed by atoms with Gasteiger partial charge in [-0.15, -0.1) is 0 Å². The minimum absolute atomic E-state index is 0.0314. The van der Waals surface area contributed by atoms with E-state index in [1.807, 2.05) is 35.0 Å². The summed E-state index contributed by atoms with van der Waals surface area (Å²) in [5.41, 5.74) is 1.39. The van der Waals surface area contributed by atoms with Crippen molar-refractivity contribution >= 4 is 23.4 Å². The minimum Gasteiger partial charge on any atom is -0.497 e. The van der Waals surface area contributed by atoms with Crippen molar-refractivity contribution in [2.45, 2.75) is 11.8 Å². The van der Waals surface area contributed by atoms with Gasteiger partial charge in [-0.25, -0.2) is 4.98 Å². The summed E-state index contributed by atoms with van der Waals surface area (Å²) < 4.78 is 35.6. The molecule has 28 heavy (non-hydrogen) atoms. The average Bonchev–Trinajstić information content (AvgIpc) is 3.16. The maximum Gasteiger partial charge on any atom is 0.387 e. The average molecular weight is 405 g/mol. The van der Waals surface area contributed by atoms with E-state index < -0.39 is 6.61 Å². The summed E-state index contributed by atoms with van der Waals surface area (Å²) in [5.74, 6) is 0.686. The maximum atomic E-state index is 12.2. The molecule has 1 aromatic heterocycles. The van der Waals surface area contributed by atoms with Gasteiger partial charge >= 0.3 is 6.61 Å². The lowest BCUT2D eigenvalue weighted by molar-refractivity contribution is -0.113. The maximum absolute atomic E-state index is 12.2. The first kappa shape index (κ1) is 19.7. The molecule has 0 saturated heterocycles. The van der Waals surface area contributed by atoms with E-state index in [0.29, 0.717) is 10.8 Å². The van der Waals surface area contributed by atoms with Crippen LogP contribution in [0, 0.1) is 0 Å². The van der Waals surface area contributed by atoms with Gasteiger partial charge in [-0.2, -0.15) is 8.78 Å². The minimum atomic E-state index is -2.88. The summed E-state index contributed by atoms with van der Waals surface area (Å²) in [6.45, 7) is -2.88. The second-order valence-electron chi connectivity index (χ2n) is 5.52. The van der Waals surface area contributed by atoms with Crippen LogP contribution in [0.4, 0.5) is 14.5 Å². The van der Waals surface area contributed by atoms with Crippen LogP contribution in [0.1, 0.15) is 0 Å². The van der Waals surface area contributed by atoms with Crippen LogP contribution in [0.25, 0.3) is 5.69 Å². The molecule has 0 saturated carbocycles. The fraction of sp³-hybridized carbons (Fsp3) is 0.158. The molecule has 0 unspecified atom stereocenters. The summed E-state index contributed by atoms with van der Waals surface area (Å²) in [4.78, 5) is 16.4. The first-order valence-electron chi connectivity index (χ1n) is 8.20. The Labute approximate surface area is 164 Å². The van der Waals surface area contributed by atoms with Crippen LogP contribution in [0.15, 0.2) is 66.1 Å². The van der Waals surface area contributed by atoms with Gasteiger partial charge < -0.3 is 14.8 Å². The Kier molecular flexibility index (Phi) is 6.49. The van der Waals surface area contributed by atoms with Crippen molar-refractivity contribution < 1.29 is 23.0 Å². The standard InChI is InChI=1S/C19H17F2N3O3S/c1-26-15-8-4-14(5-9-15)24-11-10-22-19(24)28-12-17(25)23-13-2-6-16(7-3-13)27-18(20)21/h2-11,18H,12H2,1H3,(H,23,25). The van der Waals surface area contributed by atoms with Gasteiger partial charge in [0.25, 0.3) is 0 Å². The zero-order valence-corrected chi connectivity index (χ0v) is 15.7. The van der Waals surface area contributed by atoms with Crippen molar-refractivity contribution in [2.75, 3.05) is 18.2 Å². The first-order chi connectivity index (χ1) is 13.5. The Bertz CT molecular complexity index is 915. The molecule has 1 heterocycles. The summed E-state index contributed by atoms with van der Waals surface area (Å²) in [5, 5.41) is 3.37. The molecule has 1 N–H and O–H groups in total. The van der Waals surface area contributed by atoms with Crippen LogP contribution in [0.3, 0.4) is 0 Å². The lowest BCUT2D eigenvalue weighted by Gasteiger charge is -2.09. The highest BCUT2D eigenvalue weighted by atomic mass is 32.2. The number of halogens is 2. The predicted molar refractivity (Wildman–Crippen MR) is 103 cm³/mol. The lowest BCUT2D eigenvalue weighted by Crippen LogP contribution is -2.14. The molecule has 9 heteroatoms. The highest BCUT2D eigenvalue weighted by molar-refractivity contribution is 7.99.